The maximum Gasteiger partial charge on any atom is 0.302 e. The number of fused-ring (bicyclic) bond motifs is 1. The zero-order valence-corrected chi connectivity index (χ0v) is 14.2. The van der Waals surface area contributed by atoms with Crippen molar-refractivity contribution in [2.75, 3.05) is 18.4 Å². The van der Waals surface area contributed by atoms with E-state index in [1.54, 1.807) is 23.2 Å². The van der Waals surface area contributed by atoms with Crippen molar-refractivity contribution in [1.29, 1.82) is 0 Å². The highest BCUT2D eigenvalue weighted by Crippen LogP contribution is 2.31. The summed E-state index contributed by atoms with van der Waals surface area (Å²) in [6.07, 6.45) is 7.14. The van der Waals surface area contributed by atoms with Gasteiger partial charge in [0.15, 0.2) is 0 Å². The standard InChI is InChI=1S/C18H20F2N6/c19-18(20,14-5-1-3-8-21-14)11-26-10-4-2-6-15(26)25-17-13-7-9-22-16(13)23-12-24-17/h1,3,5,7-9,12,15H,2,4,6,10-11H2,(H2,22,23,24,25). The summed E-state index contributed by atoms with van der Waals surface area (Å²) in [5.41, 5.74) is 0.531. The first-order valence-corrected chi connectivity index (χ1v) is 8.71. The van der Waals surface area contributed by atoms with Crippen LogP contribution >= 0.6 is 0 Å². The molecule has 1 unspecified atom stereocenters. The number of H-pyrrole nitrogens is 1. The molecule has 0 bridgehead atoms. The molecule has 0 aromatic carbocycles. The zero-order chi connectivity index (χ0) is 18.0. The number of halogens is 2. The van der Waals surface area contributed by atoms with E-state index < -0.39 is 5.92 Å². The van der Waals surface area contributed by atoms with Crippen LogP contribution in [0.5, 0.6) is 0 Å². The first-order chi connectivity index (χ1) is 12.6. The maximum absolute atomic E-state index is 14.7. The summed E-state index contributed by atoms with van der Waals surface area (Å²) in [4.78, 5) is 17.1. The minimum absolute atomic E-state index is 0.195. The highest BCUT2D eigenvalue weighted by atomic mass is 19.3. The van der Waals surface area contributed by atoms with Crippen molar-refractivity contribution in [3.05, 3.63) is 48.7 Å². The number of pyridine rings is 1. The highest BCUT2D eigenvalue weighted by molar-refractivity contribution is 5.86. The van der Waals surface area contributed by atoms with Crippen molar-refractivity contribution < 1.29 is 8.78 Å². The van der Waals surface area contributed by atoms with Crippen LogP contribution in [-0.4, -0.2) is 44.1 Å². The summed E-state index contributed by atoms with van der Waals surface area (Å²) in [6, 6.07) is 6.49. The van der Waals surface area contributed by atoms with E-state index in [2.05, 4.69) is 25.3 Å². The van der Waals surface area contributed by atoms with Gasteiger partial charge in [0.2, 0.25) is 0 Å². The van der Waals surface area contributed by atoms with Crippen LogP contribution in [0.15, 0.2) is 43.0 Å². The van der Waals surface area contributed by atoms with Gasteiger partial charge in [-0.05, 0) is 37.5 Å². The topological polar surface area (TPSA) is 69.7 Å². The fourth-order valence-corrected chi connectivity index (χ4v) is 3.40. The molecular weight excluding hydrogens is 338 g/mol. The van der Waals surface area contributed by atoms with Crippen LogP contribution in [0.2, 0.25) is 0 Å². The van der Waals surface area contributed by atoms with E-state index in [4.69, 9.17) is 0 Å². The molecular formula is C18H20F2N6. The van der Waals surface area contributed by atoms with Gasteiger partial charge in [-0.25, -0.2) is 9.97 Å². The predicted molar refractivity (Wildman–Crippen MR) is 94.9 cm³/mol. The Hall–Kier alpha value is -2.61. The van der Waals surface area contributed by atoms with Crippen molar-refractivity contribution in [1.82, 2.24) is 24.8 Å². The van der Waals surface area contributed by atoms with Crippen LogP contribution in [0.25, 0.3) is 11.0 Å². The van der Waals surface area contributed by atoms with E-state index in [-0.39, 0.29) is 18.4 Å². The van der Waals surface area contributed by atoms with Crippen LogP contribution in [0.1, 0.15) is 25.0 Å². The normalized spacial score (nSPS) is 18.9. The van der Waals surface area contributed by atoms with Gasteiger partial charge in [0.25, 0.3) is 0 Å². The molecule has 6 nitrogen and oxygen atoms in total. The van der Waals surface area contributed by atoms with Gasteiger partial charge in [-0.2, -0.15) is 8.78 Å². The molecule has 136 valence electrons. The van der Waals surface area contributed by atoms with E-state index in [1.807, 2.05) is 6.07 Å². The third-order valence-electron chi connectivity index (χ3n) is 4.71. The second-order valence-corrected chi connectivity index (χ2v) is 6.51. The van der Waals surface area contributed by atoms with E-state index in [0.29, 0.717) is 12.4 Å². The Bertz CT molecular complexity index is 866. The number of nitrogens with zero attached hydrogens (tertiary/aromatic N) is 4. The molecule has 1 atom stereocenters. The predicted octanol–water partition coefficient (Wildman–Crippen LogP) is 3.37. The minimum atomic E-state index is -3.01. The number of nitrogens with one attached hydrogen (secondary N) is 2. The largest absolute Gasteiger partial charge is 0.354 e. The van der Waals surface area contributed by atoms with Crippen molar-refractivity contribution in [3.63, 3.8) is 0 Å². The lowest BCUT2D eigenvalue weighted by Gasteiger charge is -2.38. The average molecular weight is 358 g/mol. The molecule has 4 heterocycles. The monoisotopic (exact) mass is 358 g/mol. The average Bonchev–Trinajstić information content (AvgIpc) is 3.14. The van der Waals surface area contributed by atoms with Crippen molar-refractivity contribution in [2.45, 2.75) is 31.4 Å². The number of anilines is 1. The first kappa shape index (κ1) is 16.8. The van der Waals surface area contributed by atoms with Crippen LogP contribution in [0, 0.1) is 0 Å². The van der Waals surface area contributed by atoms with Gasteiger partial charge >= 0.3 is 5.92 Å². The van der Waals surface area contributed by atoms with Gasteiger partial charge in [0.05, 0.1) is 18.1 Å². The lowest BCUT2D eigenvalue weighted by Crippen LogP contribution is -2.49. The van der Waals surface area contributed by atoms with Crippen molar-refractivity contribution in [3.8, 4) is 0 Å². The first-order valence-electron chi connectivity index (χ1n) is 8.71. The van der Waals surface area contributed by atoms with E-state index in [9.17, 15) is 8.78 Å². The Labute approximate surface area is 149 Å². The zero-order valence-electron chi connectivity index (χ0n) is 14.2. The summed E-state index contributed by atoms with van der Waals surface area (Å²) >= 11 is 0. The lowest BCUT2D eigenvalue weighted by molar-refractivity contribution is -0.0545. The van der Waals surface area contributed by atoms with Gasteiger partial charge < -0.3 is 10.3 Å². The number of aromatic nitrogens is 4. The SMILES string of the molecule is FC(F)(CN1CCCCC1Nc1ncnc2[nH]ccc12)c1ccccn1. The van der Waals surface area contributed by atoms with E-state index in [1.165, 1.54) is 18.6 Å². The number of alkyl halides is 2. The molecule has 4 rings (SSSR count). The number of rotatable bonds is 5. The number of likely N-dealkylation sites (tertiary alicyclic amines) is 1. The summed E-state index contributed by atoms with van der Waals surface area (Å²) in [6.45, 7) is 0.241. The molecule has 0 radical (unpaired) electrons. The smallest absolute Gasteiger partial charge is 0.302 e. The third-order valence-corrected chi connectivity index (χ3v) is 4.71. The molecule has 1 aliphatic rings. The van der Waals surface area contributed by atoms with Crippen molar-refractivity contribution in [2.24, 2.45) is 0 Å². The van der Waals surface area contributed by atoms with Crippen LogP contribution in [0.3, 0.4) is 0 Å². The number of piperidine rings is 1. The third kappa shape index (κ3) is 3.37. The molecule has 0 saturated carbocycles. The second-order valence-electron chi connectivity index (χ2n) is 6.51. The van der Waals surface area contributed by atoms with Gasteiger partial charge in [-0.3, -0.25) is 9.88 Å². The number of hydrogen-bond donors (Lipinski definition) is 2. The van der Waals surface area contributed by atoms with Gasteiger partial charge in [0.1, 0.15) is 23.5 Å². The second kappa shape index (κ2) is 6.95. The molecule has 0 amide bonds. The quantitative estimate of drug-likeness (QED) is 0.732. The molecule has 0 aliphatic carbocycles. The molecule has 1 saturated heterocycles. The van der Waals surface area contributed by atoms with Crippen LogP contribution in [-0.2, 0) is 5.92 Å². The van der Waals surface area contributed by atoms with Gasteiger partial charge in [0, 0.05) is 18.9 Å². The molecule has 26 heavy (non-hydrogen) atoms. The Morgan fingerprint density at radius 2 is 2.12 bits per heavy atom. The van der Waals surface area contributed by atoms with Crippen LogP contribution in [0.4, 0.5) is 14.6 Å². The molecule has 2 N–H and O–H groups in total. The Balaban J connectivity index is 1.54. The minimum Gasteiger partial charge on any atom is -0.354 e. The van der Waals surface area contributed by atoms with Crippen LogP contribution < -0.4 is 5.32 Å². The summed E-state index contributed by atoms with van der Waals surface area (Å²) < 4.78 is 29.4. The Morgan fingerprint density at radius 1 is 1.19 bits per heavy atom. The molecule has 3 aromatic rings. The Morgan fingerprint density at radius 3 is 2.96 bits per heavy atom. The van der Waals surface area contributed by atoms with Crippen molar-refractivity contribution >= 4 is 16.9 Å². The van der Waals surface area contributed by atoms with E-state index >= 15 is 0 Å². The lowest BCUT2D eigenvalue weighted by atomic mass is 10.1. The maximum atomic E-state index is 14.7. The Kier molecular flexibility index (Phi) is 4.50. The fraction of sp³-hybridized carbons (Fsp3) is 0.389. The van der Waals surface area contributed by atoms with E-state index in [0.717, 1.165) is 30.3 Å². The molecule has 0 spiro atoms. The fourth-order valence-electron chi connectivity index (χ4n) is 3.40. The molecule has 8 heteroatoms. The molecule has 3 aromatic heterocycles. The highest BCUT2D eigenvalue weighted by Gasteiger charge is 2.38. The van der Waals surface area contributed by atoms with Gasteiger partial charge in [-0.1, -0.05) is 6.07 Å². The summed E-state index contributed by atoms with van der Waals surface area (Å²) in [7, 11) is 0. The van der Waals surface area contributed by atoms with Gasteiger partial charge in [-0.15, -0.1) is 0 Å². The number of aromatic amines is 1. The summed E-state index contributed by atoms with van der Waals surface area (Å²) in [5.74, 6) is -2.34. The summed E-state index contributed by atoms with van der Waals surface area (Å²) in [5, 5.41) is 4.19. The molecule has 1 aliphatic heterocycles. The molecule has 1 fully saturated rings. The number of hydrogen-bond acceptors (Lipinski definition) is 5.